The Morgan fingerprint density at radius 1 is 1.55 bits per heavy atom. The molecule has 0 radical (unpaired) electrons. The molecule has 7 nitrogen and oxygen atoms in total. The maximum Gasteiger partial charge on any atom is 0.338 e. The number of carbonyl (C=O) groups excluding carboxylic acids is 1. The number of aryl methyl sites for hydroxylation is 1. The molecule has 2 aromatic rings. The van der Waals surface area contributed by atoms with E-state index in [0.29, 0.717) is 11.5 Å². The summed E-state index contributed by atoms with van der Waals surface area (Å²) in [6, 6.07) is 1.08. The second kappa shape index (κ2) is 5.74. The van der Waals surface area contributed by atoms with Gasteiger partial charge in [0.05, 0.1) is 12.1 Å². The van der Waals surface area contributed by atoms with E-state index < -0.39 is 5.97 Å². The second-order valence-corrected chi connectivity index (χ2v) is 5.13. The van der Waals surface area contributed by atoms with Gasteiger partial charge in [-0.15, -0.1) is 11.3 Å². The zero-order valence-electron chi connectivity index (χ0n) is 11.0. The molecule has 8 heteroatoms. The van der Waals surface area contributed by atoms with Crippen molar-refractivity contribution in [1.82, 2.24) is 14.5 Å². The highest BCUT2D eigenvalue weighted by Crippen LogP contribution is 2.23. The van der Waals surface area contributed by atoms with Crippen molar-refractivity contribution in [2.75, 3.05) is 12.4 Å². The minimum Gasteiger partial charge on any atom is -0.478 e. The largest absolute Gasteiger partial charge is 0.478 e. The standard InChI is InChI=1S/C12H14N4O3S/c1-15-5-4-13-9(15)7-16(2)12(19)14-10-8(11(17)18)3-6-20-10/h3-6H,7H2,1-2H3,(H,14,19)(H,17,18). The molecule has 0 bridgehead atoms. The first-order valence-electron chi connectivity index (χ1n) is 5.78. The van der Waals surface area contributed by atoms with E-state index in [1.54, 1.807) is 24.8 Å². The second-order valence-electron chi connectivity index (χ2n) is 4.21. The number of rotatable bonds is 4. The number of carboxylic acid groups (broad SMARTS) is 1. The van der Waals surface area contributed by atoms with Crippen LogP contribution in [0.1, 0.15) is 16.2 Å². The van der Waals surface area contributed by atoms with Crippen LogP contribution >= 0.6 is 11.3 Å². The van der Waals surface area contributed by atoms with Crippen molar-refractivity contribution >= 4 is 28.3 Å². The number of aromatic carboxylic acids is 1. The molecular weight excluding hydrogens is 280 g/mol. The number of thiophene rings is 1. The fraction of sp³-hybridized carbons (Fsp3) is 0.250. The Kier molecular flexibility index (Phi) is 4.04. The summed E-state index contributed by atoms with van der Waals surface area (Å²) in [7, 11) is 3.47. The molecular formula is C12H14N4O3S. The molecule has 2 amide bonds. The first kappa shape index (κ1) is 14.1. The van der Waals surface area contributed by atoms with Gasteiger partial charge >= 0.3 is 12.0 Å². The predicted molar refractivity (Wildman–Crippen MR) is 75.0 cm³/mol. The van der Waals surface area contributed by atoms with Crippen molar-refractivity contribution in [1.29, 1.82) is 0 Å². The van der Waals surface area contributed by atoms with Gasteiger partial charge in [-0.2, -0.15) is 0 Å². The molecule has 20 heavy (non-hydrogen) atoms. The van der Waals surface area contributed by atoms with Gasteiger partial charge < -0.3 is 14.6 Å². The topological polar surface area (TPSA) is 87.5 Å². The fourth-order valence-corrected chi connectivity index (χ4v) is 2.37. The lowest BCUT2D eigenvalue weighted by atomic mass is 10.3. The number of hydrogen-bond donors (Lipinski definition) is 2. The Hall–Kier alpha value is -2.35. The van der Waals surface area contributed by atoms with Crippen LogP contribution in [-0.2, 0) is 13.6 Å². The van der Waals surface area contributed by atoms with Gasteiger partial charge in [0.1, 0.15) is 10.8 Å². The van der Waals surface area contributed by atoms with E-state index in [1.165, 1.54) is 22.3 Å². The minimum atomic E-state index is -1.06. The van der Waals surface area contributed by atoms with Gasteiger partial charge in [0.2, 0.25) is 0 Å². The van der Waals surface area contributed by atoms with Crippen LogP contribution < -0.4 is 5.32 Å². The number of nitrogens with one attached hydrogen (secondary N) is 1. The first-order chi connectivity index (χ1) is 9.49. The average Bonchev–Trinajstić information content (AvgIpc) is 2.99. The minimum absolute atomic E-state index is 0.0914. The van der Waals surface area contributed by atoms with Crippen molar-refractivity contribution in [2.24, 2.45) is 7.05 Å². The van der Waals surface area contributed by atoms with Crippen molar-refractivity contribution < 1.29 is 14.7 Å². The molecule has 0 spiro atoms. The van der Waals surface area contributed by atoms with Crippen LogP contribution in [0.25, 0.3) is 0 Å². The monoisotopic (exact) mass is 294 g/mol. The third-order valence-corrected chi connectivity index (χ3v) is 3.59. The molecule has 2 aromatic heterocycles. The van der Waals surface area contributed by atoms with Crippen LogP contribution in [0.2, 0.25) is 0 Å². The molecule has 0 aliphatic carbocycles. The van der Waals surface area contributed by atoms with E-state index in [9.17, 15) is 9.59 Å². The number of amides is 2. The lowest BCUT2D eigenvalue weighted by molar-refractivity contribution is 0.0698. The molecule has 0 saturated heterocycles. The normalized spacial score (nSPS) is 10.3. The smallest absolute Gasteiger partial charge is 0.338 e. The van der Waals surface area contributed by atoms with Gasteiger partial charge in [0.15, 0.2) is 0 Å². The highest BCUT2D eigenvalue weighted by atomic mass is 32.1. The summed E-state index contributed by atoms with van der Waals surface area (Å²) in [5, 5.41) is 13.5. The highest BCUT2D eigenvalue weighted by Gasteiger charge is 2.17. The van der Waals surface area contributed by atoms with Crippen molar-refractivity contribution in [3.63, 3.8) is 0 Å². The maximum atomic E-state index is 12.0. The van der Waals surface area contributed by atoms with Gasteiger partial charge in [-0.25, -0.2) is 14.6 Å². The molecule has 0 atom stereocenters. The highest BCUT2D eigenvalue weighted by molar-refractivity contribution is 7.14. The van der Waals surface area contributed by atoms with Gasteiger partial charge in [-0.3, -0.25) is 5.32 Å². The Labute approximate surface area is 119 Å². The van der Waals surface area contributed by atoms with E-state index in [1.807, 2.05) is 11.6 Å². The van der Waals surface area contributed by atoms with Gasteiger partial charge in [-0.05, 0) is 11.4 Å². The zero-order valence-corrected chi connectivity index (χ0v) is 11.8. The summed E-state index contributed by atoms with van der Waals surface area (Å²) in [6.07, 6.45) is 3.45. The van der Waals surface area contributed by atoms with Crippen molar-refractivity contribution in [2.45, 2.75) is 6.54 Å². The molecule has 0 fully saturated rings. The summed E-state index contributed by atoms with van der Waals surface area (Å²) in [6.45, 7) is 0.336. The van der Waals surface area contributed by atoms with Crippen LogP contribution in [-0.4, -0.2) is 38.6 Å². The van der Waals surface area contributed by atoms with Gasteiger partial charge in [0, 0.05) is 26.5 Å². The summed E-state index contributed by atoms with van der Waals surface area (Å²) >= 11 is 1.17. The zero-order chi connectivity index (χ0) is 14.7. The lowest BCUT2D eigenvalue weighted by Crippen LogP contribution is -2.31. The van der Waals surface area contributed by atoms with Crippen LogP contribution in [0.3, 0.4) is 0 Å². The Bertz CT molecular complexity index is 634. The van der Waals surface area contributed by atoms with Crippen LogP contribution in [0.4, 0.5) is 9.80 Å². The number of carboxylic acids is 1. The number of aromatic nitrogens is 2. The van der Waals surface area contributed by atoms with Crippen LogP contribution in [0.5, 0.6) is 0 Å². The Morgan fingerprint density at radius 2 is 2.30 bits per heavy atom. The van der Waals surface area contributed by atoms with Crippen LogP contribution in [0, 0.1) is 0 Å². The van der Waals surface area contributed by atoms with E-state index in [-0.39, 0.29) is 11.6 Å². The number of hydrogen-bond acceptors (Lipinski definition) is 4. The van der Waals surface area contributed by atoms with E-state index in [4.69, 9.17) is 5.11 Å². The van der Waals surface area contributed by atoms with E-state index in [2.05, 4.69) is 10.3 Å². The molecule has 0 aliphatic heterocycles. The Balaban J connectivity index is 2.03. The van der Waals surface area contributed by atoms with E-state index in [0.717, 1.165) is 5.82 Å². The third kappa shape index (κ3) is 2.97. The molecule has 106 valence electrons. The molecule has 2 N–H and O–H groups in total. The van der Waals surface area contributed by atoms with Crippen LogP contribution in [0.15, 0.2) is 23.8 Å². The number of carbonyl (C=O) groups is 2. The number of imidazole rings is 1. The molecule has 0 aromatic carbocycles. The summed E-state index contributed by atoms with van der Waals surface area (Å²) in [4.78, 5) is 28.5. The SMILES string of the molecule is CN(Cc1nccn1C)C(=O)Nc1sccc1C(=O)O. The number of urea groups is 1. The molecule has 2 rings (SSSR count). The number of anilines is 1. The Morgan fingerprint density at radius 3 is 2.90 bits per heavy atom. The fourth-order valence-electron chi connectivity index (χ4n) is 1.60. The lowest BCUT2D eigenvalue weighted by Gasteiger charge is -2.17. The van der Waals surface area contributed by atoms with Crippen molar-refractivity contribution in [3.8, 4) is 0 Å². The average molecular weight is 294 g/mol. The molecule has 0 aliphatic rings. The van der Waals surface area contributed by atoms with Crippen molar-refractivity contribution in [3.05, 3.63) is 35.2 Å². The molecule has 0 saturated carbocycles. The summed E-state index contributed by atoms with van der Waals surface area (Å²) in [5.41, 5.74) is 0.0914. The first-order valence-corrected chi connectivity index (χ1v) is 6.66. The van der Waals surface area contributed by atoms with E-state index >= 15 is 0 Å². The maximum absolute atomic E-state index is 12.0. The molecule has 0 unspecified atom stereocenters. The third-order valence-electron chi connectivity index (χ3n) is 2.76. The summed E-state index contributed by atoms with van der Waals surface area (Å²) < 4.78 is 1.82. The van der Waals surface area contributed by atoms with Gasteiger partial charge in [-0.1, -0.05) is 0 Å². The van der Waals surface area contributed by atoms with Gasteiger partial charge in [0.25, 0.3) is 0 Å². The summed E-state index contributed by atoms with van der Waals surface area (Å²) in [5.74, 6) is -0.319. The number of nitrogens with zero attached hydrogens (tertiary/aromatic N) is 3. The quantitative estimate of drug-likeness (QED) is 0.900. The predicted octanol–water partition coefficient (Wildman–Crippen LogP) is 1.84. The molecule has 2 heterocycles.